The number of nitrogens with one attached hydrogen (secondary N) is 1. The van der Waals surface area contributed by atoms with Gasteiger partial charge in [0.25, 0.3) is 20.2 Å². The van der Waals surface area contributed by atoms with Crippen LogP contribution in [0, 0.1) is 0 Å². The van der Waals surface area contributed by atoms with Crippen LogP contribution in [-0.2, 0) is 25.0 Å². The molecule has 5 N–H and O–H groups in total. The van der Waals surface area contributed by atoms with Crippen LogP contribution < -0.4 is 16.2 Å². The van der Waals surface area contributed by atoms with Crippen molar-refractivity contribution < 1.29 is 30.7 Å². The molecule has 0 aliphatic carbocycles. The highest BCUT2D eigenvalue weighted by molar-refractivity contribution is 7.86. The van der Waals surface area contributed by atoms with Crippen LogP contribution in [0.3, 0.4) is 0 Å². The number of halogens is 1. The summed E-state index contributed by atoms with van der Waals surface area (Å²) in [5.74, 6) is -0.790. The van der Waals surface area contributed by atoms with Crippen LogP contribution in [0.1, 0.15) is 6.92 Å². The molecule has 4 rings (SSSR count). The van der Waals surface area contributed by atoms with E-state index in [-0.39, 0.29) is 45.0 Å². The highest BCUT2D eigenvalue weighted by Gasteiger charge is 2.23. The lowest BCUT2D eigenvalue weighted by atomic mass is 10.1. The number of benzene rings is 3. The van der Waals surface area contributed by atoms with E-state index in [9.17, 15) is 30.7 Å². The molecule has 18 heteroatoms. The summed E-state index contributed by atoms with van der Waals surface area (Å²) in [6, 6.07) is 11.8. The minimum atomic E-state index is -4.93. The first-order valence-corrected chi connectivity index (χ1v) is 13.8. The maximum Gasteiger partial charge on any atom is 0.297 e. The third-order valence-corrected chi connectivity index (χ3v) is 7.03. The number of rotatable bonds is 7. The molecule has 3 aromatic carbocycles. The number of fused-ring (bicyclic) bond motifs is 1. The average Bonchev–Trinajstić information content (AvgIpc) is 2.83. The highest BCUT2D eigenvalue weighted by atomic mass is 35.5. The van der Waals surface area contributed by atoms with E-state index in [1.807, 2.05) is 0 Å². The van der Waals surface area contributed by atoms with Gasteiger partial charge < -0.3 is 5.73 Å². The zero-order chi connectivity index (χ0) is 28.5. The van der Waals surface area contributed by atoms with Crippen molar-refractivity contribution in [2.24, 2.45) is 10.2 Å². The SMILES string of the molecule is CC(=O)N(Nc1nc(N)nc(Cl)n1)c1cccc(N=Nc2ccc3c(S(=O)(=O)O)cccc3c2S(=O)(=O)O)c1. The van der Waals surface area contributed by atoms with E-state index < -0.39 is 35.9 Å². The molecule has 1 aromatic heterocycles. The number of hydrogen-bond donors (Lipinski definition) is 4. The third-order valence-electron chi connectivity index (χ3n) is 5.00. The van der Waals surface area contributed by atoms with Crippen LogP contribution in [0.25, 0.3) is 10.8 Å². The van der Waals surface area contributed by atoms with E-state index in [0.29, 0.717) is 0 Å². The maximum absolute atomic E-state index is 12.3. The normalized spacial score (nSPS) is 12.1. The molecule has 1 amide bonds. The smallest absolute Gasteiger partial charge is 0.297 e. The third kappa shape index (κ3) is 6.24. The molecule has 0 saturated carbocycles. The summed E-state index contributed by atoms with van der Waals surface area (Å²) in [6.45, 7) is 1.25. The molecule has 39 heavy (non-hydrogen) atoms. The van der Waals surface area contributed by atoms with Crippen molar-refractivity contribution in [2.45, 2.75) is 16.7 Å². The van der Waals surface area contributed by atoms with Crippen molar-refractivity contribution >= 4 is 77.5 Å². The first kappa shape index (κ1) is 27.7. The molecule has 0 bridgehead atoms. The Morgan fingerprint density at radius 2 is 1.67 bits per heavy atom. The van der Waals surface area contributed by atoms with Crippen molar-refractivity contribution in [3.05, 3.63) is 59.9 Å². The van der Waals surface area contributed by atoms with E-state index in [1.165, 1.54) is 49.4 Å². The molecule has 0 atom stereocenters. The first-order valence-electron chi connectivity index (χ1n) is 10.5. The summed E-state index contributed by atoms with van der Waals surface area (Å²) in [6.07, 6.45) is 0. The minimum Gasteiger partial charge on any atom is -0.368 e. The van der Waals surface area contributed by atoms with Gasteiger partial charge in [0.15, 0.2) is 0 Å². The van der Waals surface area contributed by atoms with Crippen molar-refractivity contribution in [3.63, 3.8) is 0 Å². The largest absolute Gasteiger partial charge is 0.368 e. The summed E-state index contributed by atoms with van der Waals surface area (Å²) in [4.78, 5) is 22.4. The summed E-state index contributed by atoms with van der Waals surface area (Å²) in [5.41, 5.74) is 8.29. The first-order chi connectivity index (χ1) is 18.2. The lowest BCUT2D eigenvalue weighted by Gasteiger charge is -2.21. The van der Waals surface area contributed by atoms with Crippen LogP contribution in [0.4, 0.5) is 29.0 Å². The van der Waals surface area contributed by atoms with Gasteiger partial charge in [-0.3, -0.25) is 19.3 Å². The summed E-state index contributed by atoms with van der Waals surface area (Å²) in [5, 5.41) is 8.41. The highest BCUT2D eigenvalue weighted by Crippen LogP contribution is 2.36. The number of nitrogens with two attached hydrogens (primary N) is 1. The number of amides is 1. The fraction of sp³-hybridized carbons (Fsp3) is 0.0476. The van der Waals surface area contributed by atoms with Crippen molar-refractivity contribution in [1.82, 2.24) is 15.0 Å². The molecular formula is C21H17ClN8O7S2. The number of hydrogen-bond acceptors (Lipinski definition) is 12. The van der Waals surface area contributed by atoms with Gasteiger partial charge in [-0.05, 0) is 41.9 Å². The molecule has 1 heterocycles. The van der Waals surface area contributed by atoms with Gasteiger partial charge in [-0.15, -0.1) is 5.11 Å². The second-order valence-corrected chi connectivity index (χ2v) is 10.8. The molecule has 0 unspecified atom stereocenters. The number of carbonyl (C=O) groups excluding carboxylic acids is 1. The maximum atomic E-state index is 12.3. The van der Waals surface area contributed by atoms with Crippen LogP contribution >= 0.6 is 11.6 Å². The summed E-state index contributed by atoms with van der Waals surface area (Å²) in [7, 11) is -9.64. The molecule has 15 nitrogen and oxygen atoms in total. The van der Waals surface area contributed by atoms with Gasteiger partial charge in [0, 0.05) is 17.7 Å². The van der Waals surface area contributed by atoms with Gasteiger partial charge >= 0.3 is 0 Å². The van der Waals surface area contributed by atoms with Crippen LogP contribution in [-0.4, -0.2) is 46.8 Å². The fourth-order valence-corrected chi connectivity index (χ4v) is 5.21. The summed E-state index contributed by atoms with van der Waals surface area (Å²) >= 11 is 5.78. The van der Waals surface area contributed by atoms with Gasteiger partial charge in [-0.1, -0.05) is 24.3 Å². The summed E-state index contributed by atoms with van der Waals surface area (Å²) < 4.78 is 67.3. The van der Waals surface area contributed by atoms with Crippen LogP contribution in [0.2, 0.25) is 5.28 Å². The number of anilines is 3. The molecular weight excluding hydrogens is 576 g/mol. The predicted octanol–water partition coefficient (Wildman–Crippen LogP) is 3.55. The number of hydrazine groups is 1. The number of nitrogen functional groups attached to an aromatic ring is 1. The molecule has 4 aromatic rings. The average molecular weight is 593 g/mol. The molecule has 202 valence electrons. The Kier molecular flexibility index (Phi) is 7.44. The monoisotopic (exact) mass is 592 g/mol. The van der Waals surface area contributed by atoms with Gasteiger partial charge in [0.1, 0.15) is 15.5 Å². The Morgan fingerprint density at radius 3 is 2.31 bits per heavy atom. The van der Waals surface area contributed by atoms with E-state index >= 15 is 0 Å². The van der Waals surface area contributed by atoms with Gasteiger partial charge in [-0.25, -0.2) is 5.01 Å². The van der Waals surface area contributed by atoms with Crippen molar-refractivity contribution in [2.75, 3.05) is 16.2 Å². The van der Waals surface area contributed by atoms with Crippen LogP contribution in [0.5, 0.6) is 0 Å². The van der Waals surface area contributed by atoms with Crippen molar-refractivity contribution in [1.29, 1.82) is 0 Å². The van der Waals surface area contributed by atoms with Crippen LogP contribution in [0.15, 0.2) is 74.6 Å². The van der Waals surface area contributed by atoms with Crippen molar-refractivity contribution in [3.8, 4) is 0 Å². The van der Waals surface area contributed by atoms with Gasteiger partial charge in [0.2, 0.25) is 23.1 Å². The molecule has 0 saturated heterocycles. The number of aromatic nitrogens is 3. The second kappa shape index (κ2) is 10.5. The topological polar surface area (TPSA) is 230 Å². The fourth-order valence-electron chi connectivity index (χ4n) is 3.51. The lowest BCUT2D eigenvalue weighted by molar-refractivity contribution is -0.116. The standard InChI is InChI=1S/C21H17ClN8O7S2/c1-11(31)30(29-21-25-19(22)24-20(23)26-21)13-5-2-4-12(10-13)27-28-16-9-8-14-15(18(16)39(35,36)37)6-3-7-17(14)38(32,33)34/h2-10H,1H3,(H,32,33,34)(H,35,36,37)(H3,23,24,25,26,29). The zero-order valence-electron chi connectivity index (χ0n) is 19.6. The number of azo groups is 1. The van der Waals surface area contributed by atoms with Gasteiger partial charge in [-0.2, -0.15) is 36.9 Å². The Balaban J connectivity index is 1.75. The molecule has 0 aliphatic rings. The zero-order valence-corrected chi connectivity index (χ0v) is 22.0. The lowest BCUT2D eigenvalue weighted by Crippen LogP contribution is -2.35. The van der Waals surface area contributed by atoms with E-state index in [2.05, 4.69) is 30.6 Å². The Morgan fingerprint density at radius 1 is 0.949 bits per heavy atom. The minimum absolute atomic E-state index is 0.118. The number of nitrogens with zero attached hydrogens (tertiary/aromatic N) is 6. The van der Waals surface area contributed by atoms with Gasteiger partial charge in [0.05, 0.1) is 11.4 Å². The van der Waals surface area contributed by atoms with E-state index in [0.717, 1.165) is 17.1 Å². The second-order valence-electron chi connectivity index (χ2n) is 7.69. The Bertz CT molecular complexity index is 1850. The quantitative estimate of drug-likeness (QED) is 0.137. The van der Waals surface area contributed by atoms with E-state index in [4.69, 9.17) is 17.3 Å². The Hall–Kier alpha value is -4.29. The molecule has 0 spiro atoms. The molecule has 0 aliphatic heterocycles. The Labute approximate surface area is 225 Å². The number of carbonyl (C=O) groups is 1. The predicted molar refractivity (Wildman–Crippen MR) is 140 cm³/mol. The molecule has 0 fully saturated rings. The van der Waals surface area contributed by atoms with E-state index in [1.54, 1.807) is 0 Å². The molecule has 0 radical (unpaired) electrons.